The molecule has 0 saturated heterocycles. The Bertz CT molecular complexity index is 2470. The van der Waals surface area contributed by atoms with E-state index in [0.717, 1.165) is 0 Å². The summed E-state index contributed by atoms with van der Waals surface area (Å²) < 4.78 is 2.72. The SMILES string of the molecule is Cc1cc2c3c(c1)N(c1ccc4sc5ccccc5c4c1)c1cc(C(C)(C)C)ccc1B3c1cc(C(C)(C)C)cc3c1C2C1(C)CCCCC31C. The first-order chi connectivity index (χ1) is 24.2. The highest BCUT2D eigenvalue weighted by Gasteiger charge is 2.62. The minimum Gasteiger partial charge on any atom is -0.311 e. The molecule has 2 aliphatic heterocycles. The minimum atomic E-state index is 0.0379. The molecule has 3 atom stereocenters. The number of hydrogen-bond donors (Lipinski definition) is 0. The summed E-state index contributed by atoms with van der Waals surface area (Å²) in [5, 5.41) is 2.71. The van der Waals surface area contributed by atoms with Crippen molar-refractivity contribution in [2.45, 2.75) is 110 Å². The Labute approximate surface area is 309 Å². The lowest BCUT2D eigenvalue weighted by molar-refractivity contribution is 0.0925. The van der Waals surface area contributed by atoms with Crippen LogP contribution in [0.2, 0.25) is 0 Å². The molecule has 1 fully saturated rings. The van der Waals surface area contributed by atoms with Gasteiger partial charge in [0.25, 0.3) is 0 Å². The van der Waals surface area contributed by atoms with E-state index in [0.29, 0.717) is 5.92 Å². The summed E-state index contributed by atoms with van der Waals surface area (Å²) in [5.74, 6) is 0.410. The molecule has 0 amide bonds. The van der Waals surface area contributed by atoms with Crippen LogP contribution in [0.15, 0.2) is 84.9 Å². The quantitative estimate of drug-likeness (QED) is 0.156. The van der Waals surface area contributed by atoms with Crippen LogP contribution < -0.4 is 21.3 Å². The van der Waals surface area contributed by atoms with Gasteiger partial charge in [0, 0.05) is 43.2 Å². The molecular formula is C48H50BNS. The Morgan fingerprint density at radius 1 is 0.706 bits per heavy atom. The van der Waals surface area contributed by atoms with Crippen molar-refractivity contribution in [3.63, 3.8) is 0 Å². The van der Waals surface area contributed by atoms with Gasteiger partial charge >= 0.3 is 0 Å². The molecule has 10 rings (SSSR count). The van der Waals surface area contributed by atoms with Crippen LogP contribution in [0.1, 0.15) is 120 Å². The molecule has 3 heteroatoms. The second-order valence-corrected chi connectivity index (χ2v) is 20.1. The molecular weight excluding hydrogens is 633 g/mol. The van der Waals surface area contributed by atoms with Crippen molar-refractivity contribution in [2.24, 2.45) is 5.41 Å². The van der Waals surface area contributed by atoms with Gasteiger partial charge in [-0.05, 0) is 122 Å². The van der Waals surface area contributed by atoms with E-state index in [1.807, 2.05) is 11.3 Å². The van der Waals surface area contributed by atoms with Crippen molar-refractivity contribution in [1.82, 2.24) is 0 Å². The lowest BCUT2D eigenvalue weighted by Crippen LogP contribution is -2.62. The van der Waals surface area contributed by atoms with Crippen LogP contribution in [0, 0.1) is 12.3 Å². The molecule has 0 spiro atoms. The Morgan fingerprint density at radius 3 is 2.24 bits per heavy atom. The monoisotopic (exact) mass is 683 g/mol. The van der Waals surface area contributed by atoms with Crippen molar-refractivity contribution >= 4 is 71.7 Å². The van der Waals surface area contributed by atoms with Crippen molar-refractivity contribution in [3.8, 4) is 0 Å². The maximum Gasteiger partial charge on any atom is 0.247 e. The largest absolute Gasteiger partial charge is 0.311 e. The van der Waals surface area contributed by atoms with E-state index in [4.69, 9.17) is 0 Å². The van der Waals surface area contributed by atoms with Crippen molar-refractivity contribution in [2.75, 3.05) is 4.90 Å². The Morgan fingerprint density at radius 2 is 1.45 bits per heavy atom. The third-order valence-electron chi connectivity index (χ3n) is 14.0. The molecule has 0 bridgehead atoms. The van der Waals surface area contributed by atoms with Crippen LogP contribution in [0.3, 0.4) is 0 Å². The van der Waals surface area contributed by atoms with Crippen LogP contribution in [-0.2, 0) is 16.2 Å². The highest BCUT2D eigenvalue weighted by atomic mass is 32.1. The predicted octanol–water partition coefficient (Wildman–Crippen LogP) is 11.6. The Kier molecular flexibility index (Phi) is 6.37. The maximum absolute atomic E-state index is 2.67. The number of benzene rings is 5. The Hall–Kier alpha value is -3.82. The first kappa shape index (κ1) is 31.9. The zero-order chi connectivity index (χ0) is 35.4. The van der Waals surface area contributed by atoms with Crippen molar-refractivity contribution in [1.29, 1.82) is 0 Å². The molecule has 1 saturated carbocycles. The molecule has 6 aromatic rings. The summed E-state index contributed by atoms with van der Waals surface area (Å²) in [7, 11) is 0. The third kappa shape index (κ3) is 4.16. The highest BCUT2D eigenvalue weighted by Crippen LogP contribution is 2.67. The van der Waals surface area contributed by atoms with E-state index in [9.17, 15) is 0 Å². The van der Waals surface area contributed by atoms with Gasteiger partial charge < -0.3 is 4.90 Å². The van der Waals surface area contributed by atoms with E-state index in [-0.39, 0.29) is 28.4 Å². The number of fused-ring (bicyclic) bond motifs is 10. The normalized spacial score (nSPS) is 23.4. The van der Waals surface area contributed by atoms with Gasteiger partial charge in [-0.25, -0.2) is 0 Å². The van der Waals surface area contributed by atoms with Crippen molar-refractivity contribution < 1.29 is 0 Å². The summed E-state index contributed by atoms with van der Waals surface area (Å²) in [4.78, 5) is 2.66. The molecule has 1 nitrogen and oxygen atoms in total. The van der Waals surface area contributed by atoms with Crippen LogP contribution in [0.4, 0.5) is 17.1 Å². The van der Waals surface area contributed by atoms with Gasteiger partial charge in [0.15, 0.2) is 0 Å². The van der Waals surface area contributed by atoms with Crippen molar-refractivity contribution in [3.05, 3.63) is 118 Å². The molecule has 4 aliphatic rings. The van der Waals surface area contributed by atoms with E-state index in [1.165, 1.54) is 85.1 Å². The Balaban J connectivity index is 1.33. The molecule has 3 heterocycles. The fourth-order valence-corrected chi connectivity index (χ4v) is 12.2. The van der Waals surface area contributed by atoms with E-state index in [2.05, 4.69) is 152 Å². The fourth-order valence-electron chi connectivity index (χ4n) is 11.1. The standard InChI is InChI=1S/C48H50BNS/c1-28-22-34-43-42-35(47(8)20-12-13-21-48(43,47)9)24-30(46(5,6)7)25-37(42)49-36-18-16-29(45(2,3)4)26-38(36)50(39(23-28)44(34)49)31-17-19-41-33(27-31)32-14-10-11-15-40(32)51-41/h10-11,14-19,22-27,43H,12-13,20-21H2,1-9H3. The minimum absolute atomic E-state index is 0.0379. The molecule has 51 heavy (non-hydrogen) atoms. The summed E-state index contributed by atoms with van der Waals surface area (Å²) in [6, 6.07) is 34.1. The van der Waals surface area contributed by atoms with Crippen LogP contribution in [0.25, 0.3) is 20.2 Å². The second-order valence-electron chi connectivity index (χ2n) is 19.0. The second kappa shape index (κ2) is 10.2. The fraction of sp³-hybridized carbons (Fsp3) is 0.375. The topological polar surface area (TPSA) is 3.24 Å². The first-order valence-electron chi connectivity index (χ1n) is 19.4. The van der Waals surface area contributed by atoms with Gasteiger partial charge in [-0.1, -0.05) is 122 Å². The lowest BCUT2D eigenvalue weighted by atomic mass is 9.30. The number of aryl methyl sites for hydroxylation is 1. The third-order valence-corrected chi connectivity index (χ3v) is 15.2. The number of thiophene rings is 1. The number of hydrogen-bond acceptors (Lipinski definition) is 2. The molecule has 0 N–H and O–H groups in total. The molecule has 1 aromatic heterocycles. The van der Waals surface area contributed by atoms with Crippen LogP contribution >= 0.6 is 11.3 Å². The molecule has 256 valence electrons. The molecule has 2 aliphatic carbocycles. The van der Waals surface area contributed by atoms with Gasteiger partial charge in [-0.3, -0.25) is 0 Å². The van der Waals surface area contributed by atoms with E-state index >= 15 is 0 Å². The smallest absolute Gasteiger partial charge is 0.247 e. The van der Waals surface area contributed by atoms with Gasteiger partial charge in [0.05, 0.1) is 0 Å². The highest BCUT2D eigenvalue weighted by molar-refractivity contribution is 7.25. The average molecular weight is 684 g/mol. The molecule has 0 radical (unpaired) electrons. The summed E-state index contributed by atoms with van der Waals surface area (Å²) in [5.41, 5.74) is 18.2. The van der Waals surface area contributed by atoms with Gasteiger partial charge in [0.1, 0.15) is 0 Å². The van der Waals surface area contributed by atoms with Gasteiger partial charge in [0.2, 0.25) is 6.71 Å². The summed E-state index contributed by atoms with van der Waals surface area (Å²) in [6.07, 6.45) is 5.23. The lowest BCUT2D eigenvalue weighted by Gasteiger charge is -2.51. The zero-order valence-electron chi connectivity index (χ0n) is 31.9. The van der Waals surface area contributed by atoms with E-state index < -0.39 is 0 Å². The van der Waals surface area contributed by atoms with Gasteiger partial charge in [-0.15, -0.1) is 11.3 Å². The summed E-state index contributed by atoms with van der Waals surface area (Å²) >= 11 is 1.91. The van der Waals surface area contributed by atoms with Gasteiger partial charge in [-0.2, -0.15) is 0 Å². The molecule has 3 unspecified atom stereocenters. The maximum atomic E-state index is 2.67. The predicted molar refractivity (Wildman–Crippen MR) is 223 cm³/mol. The number of nitrogens with zero attached hydrogens (tertiary/aromatic N) is 1. The average Bonchev–Trinajstić information content (AvgIpc) is 3.55. The molecule has 5 aromatic carbocycles. The van der Waals surface area contributed by atoms with E-state index in [1.54, 1.807) is 27.6 Å². The summed E-state index contributed by atoms with van der Waals surface area (Å²) in [6.45, 7) is 22.2. The zero-order valence-corrected chi connectivity index (χ0v) is 32.7. The number of rotatable bonds is 1. The van der Waals surface area contributed by atoms with Crippen LogP contribution in [-0.4, -0.2) is 6.71 Å². The number of anilines is 3. The first-order valence-corrected chi connectivity index (χ1v) is 20.2. The van der Waals surface area contributed by atoms with Crippen LogP contribution in [0.5, 0.6) is 0 Å².